The first-order valence-corrected chi connectivity index (χ1v) is 12.2. The van der Waals surface area contributed by atoms with Crippen LogP contribution in [0.15, 0.2) is 78.9 Å². The molecule has 1 aliphatic carbocycles. The van der Waals surface area contributed by atoms with Gasteiger partial charge in [0.15, 0.2) is 0 Å². The fourth-order valence-corrected chi connectivity index (χ4v) is 6.31. The SMILES string of the molecule is CC=CCC1c2c(cccc2C2c3ccccc3-c3ccccc32)C(=O)N1C1CCNCC1. The standard InChI is InChI=1S/C30H30N2O/c1-2-3-15-27-29-25(13-8-14-26(29)30(33)32(27)20-16-18-31-19-17-20)28-23-11-6-4-9-21(23)22-10-5-7-12-24(22)28/h2-14,20,27-28,31H,15-19H2,1H3. The molecular weight excluding hydrogens is 404 g/mol. The van der Waals surface area contributed by atoms with Gasteiger partial charge >= 0.3 is 0 Å². The van der Waals surface area contributed by atoms with E-state index < -0.39 is 0 Å². The highest BCUT2D eigenvalue weighted by Crippen LogP contribution is 2.52. The van der Waals surface area contributed by atoms with E-state index in [1.807, 2.05) is 0 Å². The Kier molecular flexibility index (Phi) is 5.15. The van der Waals surface area contributed by atoms with Crippen molar-refractivity contribution in [3.8, 4) is 11.1 Å². The van der Waals surface area contributed by atoms with Crippen molar-refractivity contribution in [2.75, 3.05) is 13.1 Å². The molecule has 6 rings (SSSR count). The van der Waals surface area contributed by atoms with Crippen molar-refractivity contribution in [3.05, 3.63) is 107 Å². The van der Waals surface area contributed by atoms with Crippen molar-refractivity contribution in [3.63, 3.8) is 0 Å². The van der Waals surface area contributed by atoms with Gasteiger partial charge in [0.2, 0.25) is 0 Å². The second-order valence-corrected chi connectivity index (χ2v) is 9.43. The molecule has 1 amide bonds. The molecule has 3 aromatic rings. The molecule has 1 saturated heterocycles. The van der Waals surface area contributed by atoms with Crippen LogP contribution in [-0.4, -0.2) is 29.9 Å². The number of hydrogen-bond donors (Lipinski definition) is 1. The molecule has 1 unspecified atom stereocenters. The van der Waals surface area contributed by atoms with E-state index in [4.69, 9.17) is 0 Å². The molecule has 1 fully saturated rings. The average Bonchev–Trinajstić information content (AvgIpc) is 3.35. The summed E-state index contributed by atoms with van der Waals surface area (Å²) >= 11 is 0. The van der Waals surface area contributed by atoms with Crippen LogP contribution in [0.25, 0.3) is 11.1 Å². The van der Waals surface area contributed by atoms with E-state index in [9.17, 15) is 4.79 Å². The summed E-state index contributed by atoms with van der Waals surface area (Å²) < 4.78 is 0. The van der Waals surface area contributed by atoms with Crippen LogP contribution >= 0.6 is 0 Å². The fraction of sp³-hybridized carbons (Fsp3) is 0.300. The highest BCUT2D eigenvalue weighted by Gasteiger charge is 2.43. The monoisotopic (exact) mass is 434 g/mol. The minimum absolute atomic E-state index is 0.0999. The van der Waals surface area contributed by atoms with E-state index in [0.29, 0.717) is 6.04 Å². The summed E-state index contributed by atoms with van der Waals surface area (Å²) in [5.74, 6) is 0.383. The number of carbonyl (C=O) groups excluding carboxylic acids is 1. The topological polar surface area (TPSA) is 32.3 Å². The van der Waals surface area contributed by atoms with Gasteiger partial charge in [-0.05, 0) is 78.7 Å². The Balaban J connectivity index is 1.53. The maximum Gasteiger partial charge on any atom is 0.255 e. The number of allylic oxidation sites excluding steroid dienone is 1. The van der Waals surface area contributed by atoms with Gasteiger partial charge < -0.3 is 10.2 Å². The molecule has 0 radical (unpaired) electrons. The highest BCUT2D eigenvalue weighted by atomic mass is 16.2. The second-order valence-electron chi connectivity index (χ2n) is 9.43. The van der Waals surface area contributed by atoms with E-state index in [0.717, 1.165) is 37.9 Å². The van der Waals surface area contributed by atoms with Crippen LogP contribution < -0.4 is 5.32 Å². The molecule has 3 nitrogen and oxygen atoms in total. The number of amides is 1. The molecule has 2 aliphatic heterocycles. The van der Waals surface area contributed by atoms with Gasteiger partial charge in [-0.3, -0.25) is 4.79 Å². The van der Waals surface area contributed by atoms with E-state index in [1.54, 1.807) is 0 Å². The number of benzene rings is 3. The van der Waals surface area contributed by atoms with Crippen molar-refractivity contribution >= 4 is 5.91 Å². The molecule has 0 spiro atoms. The lowest BCUT2D eigenvalue weighted by Crippen LogP contribution is -2.44. The summed E-state index contributed by atoms with van der Waals surface area (Å²) in [6, 6.07) is 24.4. The molecule has 166 valence electrons. The summed E-state index contributed by atoms with van der Waals surface area (Å²) in [6.07, 6.45) is 7.26. The van der Waals surface area contributed by atoms with Crippen LogP contribution in [0, 0.1) is 0 Å². The van der Waals surface area contributed by atoms with Crippen LogP contribution in [0.1, 0.15) is 70.8 Å². The number of hydrogen-bond acceptors (Lipinski definition) is 2. The quantitative estimate of drug-likeness (QED) is 0.396. The Labute approximate surface area is 196 Å². The molecule has 0 bridgehead atoms. The van der Waals surface area contributed by atoms with Crippen LogP contribution in [0.3, 0.4) is 0 Å². The maximum absolute atomic E-state index is 13.8. The molecule has 1 atom stereocenters. The number of nitrogens with zero attached hydrogens (tertiary/aromatic N) is 1. The van der Waals surface area contributed by atoms with Crippen LogP contribution in [0.4, 0.5) is 0 Å². The molecule has 33 heavy (non-hydrogen) atoms. The van der Waals surface area contributed by atoms with E-state index in [2.05, 4.69) is 96.0 Å². The maximum atomic E-state index is 13.8. The molecule has 3 heteroatoms. The Hall–Kier alpha value is -3.17. The first-order valence-electron chi connectivity index (χ1n) is 12.2. The molecule has 3 aromatic carbocycles. The van der Waals surface area contributed by atoms with Crippen molar-refractivity contribution in [1.82, 2.24) is 10.2 Å². The van der Waals surface area contributed by atoms with Crippen molar-refractivity contribution in [2.24, 2.45) is 0 Å². The largest absolute Gasteiger partial charge is 0.328 e. The Morgan fingerprint density at radius 3 is 2.12 bits per heavy atom. The third-order valence-electron chi connectivity index (χ3n) is 7.72. The molecule has 2 heterocycles. The van der Waals surface area contributed by atoms with Crippen molar-refractivity contribution < 1.29 is 4.79 Å². The number of carbonyl (C=O) groups is 1. The van der Waals surface area contributed by atoms with Crippen molar-refractivity contribution in [2.45, 2.75) is 44.2 Å². The Morgan fingerprint density at radius 2 is 1.45 bits per heavy atom. The van der Waals surface area contributed by atoms with Gasteiger partial charge in [0.05, 0.1) is 6.04 Å². The zero-order valence-corrected chi connectivity index (χ0v) is 19.1. The zero-order valence-electron chi connectivity index (χ0n) is 19.1. The van der Waals surface area contributed by atoms with Gasteiger partial charge in [0.1, 0.15) is 0 Å². The number of piperidine rings is 1. The third-order valence-corrected chi connectivity index (χ3v) is 7.72. The lowest BCUT2D eigenvalue weighted by atomic mass is 9.83. The number of fused-ring (bicyclic) bond motifs is 4. The van der Waals surface area contributed by atoms with Gasteiger partial charge in [-0.1, -0.05) is 72.8 Å². The molecule has 1 N–H and O–H groups in total. The van der Waals surface area contributed by atoms with Gasteiger partial charge in [-0.25, -0.2) is 0 Å². The van der Waals surface area contributed by atoms with Gasteiger partial charge in [-0.15, -0.1) is 0 Å². The average molecular weight is 435 g/mol. The first-order chi connectivity index (χ1) is 16.3. The van der Waals surface area contributed by atoms with Crippen LogP contribution in [0.5, 0.6) is 0 Å². The highest BCUT2D eigenvalue weighted by molar-refractivity contribution is 6.00. The summed E-state index contributed by atoms with van der Waals surface area (Å²) in [6.45, 7) is 4.04. The second kappa shape index (κ2) is 8.31. The Morgan fingerprint density at radius 1 is 0.848 bits per heavy atom. The van der Waals surface area contributed by atoms with Crippen LogP contribution in [-0.2, 0) is 0 Å². The van der Waals surface area contributed by atoms with E-state index in [-0.39, 0.29) is 17.9 Å². The summed E-state index contributed by atoms with van der Waals surface area (Å²) in [4.78, 5) is 16.0. The summed E-state index contributed by atoms with van der Waals surface area (Å²) in [5.41, 5.74) is 8.79. The van der Waals surface area contributed by atoms with E-state index >= 15 is 0 Å². The molecule has 3 aliphatic rings. The smallest absolute Gasteiger partial charge is 0.255 e. The minimum atomic E-state index is 0.0999. The molecule has 0 saturated carbocycles. The minimum Gasteiger partial charge on any atom is -0.328 e. The van der Waals surface area contributed by atoms with Crippen molar-refractivity contribution in [1.29, 1.82) is 0 Å². The van der Waals surface area contributed by atoms with Gasteiger partial charge in [0, 0.05) is 17.5 Å². The predicted octanol–water partition coefficient (Wildman–Crippen LogP) is 6.06. The lowest BCUT2D eigenvalue weighted by Gasteiger charge is -2.36. The fourth-order valence-electron chi connectivity index (χ4n) is 6.31. The zero-order chi connectivity index (χ0) is 22.4. The number of nitrogens with one attached hydrogen (secondary N) is 1. The van der Waals surface area contributed by atoms with Crippen LogP contribution in [0.2, 0.25) is 0 Å². The number of rotatable bonds is 4. The third kappa shape index (κ3) is 3.18. The van der Waals surface area contributed by atoms with E-state index in [1.165, 1.54) is 33.4 Å². The first kappa shape index (κ1) is 20.4. The van der Waals surface area contributed by atoms with Gasteiger partial charge in [-0.2, -0.15) is 0 Å². The van der Waals surface area contributed by atoms with Gasteiger partial charge in [0.25, 0.3) is 5.91 Å². The summed E-state index contributed by atoms with van der Waals surface area (Å²) in [5, 5.41) is 3.46. The summed E-state index contributed by atoms with van der Waals surface area (Å²) in [7, 11) is 0. The predicted molar refractivity (Wildman–Crippen MR) is 133 cm³/mol. The Bertz CT molecular complexity index is 1190. The normalized spacial score (nSPS) is 20.3. The lowest BCUT2D eigenvalue weighted by molar-refractivity contribution is 0.0584. The molecular formula is C30H30N2O. The molecule has 0 aromatic heterocycles.